The first kappa shape index (κ1) is 14.9. The zero-order valence-corrected chi connectivity index (χ0v) is 10.9. The minimum Gasteiger partial charge on any atom is -0.396 e. The number of rotatable bonds is 6. The third-order valence-electron chi connectivity index (χ3n) is 3.23. The fraction of sp³-hybridized carbons (Fsp3) is 0.467. The lowest BCUT2D eigenvalue weighted by atomic mass is 9.89. The van der Waals surface area contributed by atoms with E-state index in [0.29, 0.717) is 0 Å². The first-order valence-corrected chi connectivity index (χ1v) is 6.26. The van der Waals surface area contributed by atoms with Crippen LogP contribution in [0.1, 0.15) is 19.4 Å². The van der Waals surface area contributed by atoms with Gasteiger partial charge in [0, 0.05) is 18.4 Å². The highest BCUT2D eigenvalue weighted by Crippen LogP contribution is 2.18. The molecule has 0 radical (unpaired) electrons. The van der Waals surface area contributed by atoms with E-state index in [2.05, 4.69) is 0 Å². The molecule has 100 valence electrons. The van der Waals surface area contributed by atoms with Crippen LogP contribution in [-0.2, 0) is 0 Å². The van der Waals surface area contributed by atoms with Crippen LogP contribution in [0.5, 0.6) is 0 Å². The Bertz CT molecular complexity index is 361. The van der Waals surface area contributed by atoms with Crippen LogP contribution in [0.25, 0.3) is 6.08 Å². The van der Waals surface area contributed by atoms with Gasteiger partial charge in [-0.05, 0) is 5.56 Å². The number of aliphatic hydroxyl groups is 3. The maximum atomic E-state index is 9.97. The Balaban J connectivity index is 2.59. The van der Waals surface area contributed by atoms with Gasteiger partial charge in [0.1, 0.15) is 0 Å². The molecule has 0 heterocycles. The van der Waals surface area contributed by atoms with Crippen molar-refractivity contribution in [2.75, 3.05) is 6.61 Å². The highest BCUT2D eigenvalue weighted by atomic mass is 16.3. The molecule has 0 aliphatic heterocycles. The summed E-state index contributed by atoms with van der Waals surface area (Å²) in [5.74, 6) is -0.549. The van der Waals surface area contributed by atoms with Crippen molar-refractivity contribution < 1.29 is 15.3 Å². The van der Waals surface area contributed by atoms with Gasteiger partial charge in [-0.15, -0.1) is 0 Å². The van der Waals surface area contributed by atoms with E-state index < -0.39 is 12.2 Å². The van der Waals surface area contributed by atoms with Crippen LogP contribution in [0.15, 0.2) is 36.4 Å². The molecule has 0 amide bonds. The van der Waals surface area contributed by atoms with Crippen molar-refractivity contribution in [3.63, 3.8) is 0 Å². The molecule has 0 bridgehead atoms. The molecule has 1 aromatic rings. The predicted octanol–water partition coefficient (Wildman–Crippen LogP) is 1.69. The van der Waals surface area contributed by atoms with Crippen LogP contribution in [0.3, 0.4) is 0 Å². The van der Waals surface area contributed by atoms with E-state index in [4.69, 9.17) is 5.11 Å². The summed E-state index contributed by atoms with van der Waals surface area (Å²) in [6.45, 7) is 3.45. The molecule has 18 heavy (non-hydrogen) atoms. The third-order valence-corrected chi connectivity index (χ3v) is 3.23. The van der Waals surface area contributed by atoms with E-state index in [-0.39, 0.29) is 18.4 Å². The summed E-state index contributed by atoms with van der Waals surface area (Å²) in [5, 5.41) is 28.8. The molecule has 1 rings (SSSR count). The van der Waals surface area contributed by atoms with E-state index in [1.165, 1.54) is 0 Å². The molecule has 0 aliphatic rings. The highest BCUT2D eigenvalue weighted by Gasteiger charge is 2.25. The quantitative estimate of drug-likeness (QED) is 0.720. The van der Waals surface area contributed by atoms with E-state index in [0.717, 1.165) is 5.56 Å². The third kappa shape index (κ3) is 4.26. The van der Waals surface area contributed by atoms with Gasteiger partial charge in [-0.3, -0.25) is 0 Å². The number of aliphatic hydroxyl groups excluding tert-OH is 3. The van der Waals surface area contributed by atoms with Gasteiger partial charge in [0.2, 0.25) is 0 Å². The molecule has 0 spiro atoms. The van der Waals surface area contributed by atoms with Crippen molar-refractivity contribution in [3.05, 3.63) is 42.0 Å². The first-order valence-electron chi connectivity index (χ1n) is 6.26. The molecule has 3 N–H and O–H groups in total. The van der Waals surface area contributed by atoms with Crippen LogP contribution < -0.4 is 0 Å². The first-order chi connectivity index (χ1) is 8.56. The zero-order valence-electron chi connectivity index (χ0n) is 10.9. The monoisotopic (exact) mass is 250 g/mol. The predicted molar refractivity (Wildman–Crippen MR) is 72.9 cm³/mol. The second-order valence-electron chi connectivity index (χ2n) is 4.77. The van der Waals surface area contributed by atoms with E-state index in [9.17, 15) is 10.2 Å². The van der Waals surface area contributed by atoms with Crippen molar-refractivity contribution in [2.45, 2.75) is 26.1 Å². The standard InChI is InChI=1S/C15H22O3/c1-11(10-16)15(18)12(2)14(17)9-8-13-6-4-3-5-7-13/h3-9,11-12,14-18H,10H2,1-2H3/b9-8+/t11-,12+,14-,15+/m1/s1. The molecule has 0 saturated carbocycles. The Hall–Kier alpha value is -1.16. The fourth-order valence-electron chi connectivity index (χ4n) is 1.78. The van der Waals surface area contributed by atoms with Gasteiger partial charge >= 0.3 is 0 Å². The molecule has 0 unspecified atom stereocenters. The van der Waals surface area contributed by atoms with Crippen LogP contribution in [0.2, 0.25) is 0 Å². The summed E-state index contributed by atoms with van der Waals surface area (Å²) in [6.07, 6.45) is 2.06. The van der Waals surface area contributed by atoms with Crippen LogP contribution in [0.4, 0.5) is 0 Å². The SMILES string of the molecule is C[C@H]([C@@H](O)[C@H](C)CO)[C@H](O)/C=C/c1ccccc1. The Labute approximate surface area is 108 Å². The molecular weight excluding hydrogens is 228 g/mol. The fourth-order valence-corrected chi connectivity index (χ4v) is 1.78. The summed E-state index contributed by atoms with van der Waals surface area (Å²) >= 11 is 0. The zero-order chi connectivity index (χ0) is 13.5. The Morgan fingerprint density at radius 2 is 1.72 bits per heavy atom. The lowest BCUT2D eigenvalue weighted by molar-refractivity contribution is -0.00393. The summed E-state index contributed by atoms with van der Waals surface area (Å²) in [6, 6.07) is 9.68. The lowest BCUT2D eigenvalue weighted by Gasteiger charge is -2.26. The van der Waals surface area contributed by atoms with Crippen LogP contribution >= 0.6 is 0 Å². The lowest BCUT2D eigenvalue weighted by Crippen LogP contribution is -2.34. The molecule has 0 aromatic heterocycles. The molecule has 4 atom stereocenters. The van der Waals surface area contributed by atoms with Crippen LogP contribution in [0, 0.1) is 11.8 Å². The summed E-state index contributed by atoms with van der Waals surface area (Å²) in [4.78, 5) is 0. The summed E-state index contributed by atoms with van der Waals surface area (Å²) in [5.41, 5.74) is 1.01. The van der Waals surface area contributed by atoms with E-state index in [1.54, 1.807) is 19.9 Å². The van der Waals surface area contributed by atoms with Gasteiger partial charge in [0.05, 0.1) is 12.2 Å². The number of hydrogen-bond acceptors (Lipinski definition) is 3. The maximum absolute atomic E-state index is 9.97. The van der Waals surface area contributed by atoms with Gasteiger partial charge < -0.3 is 15.3 Å². The molecule has 0 aliphatic carbocycles. The molecule has 3 nitrogen and oxygen atoms in total. The van der Waals surface area contributed by atoms with Crippen molar-refractivity contribution in [1.29, 1.82) is 0 Å². The maximum Gasteiger partial charge on any atom is 0.0774 e. The molecule has 0 saturated heterocycles. The molecule has 3 heteroatoms. The average Bonchev–Trinajstić information content (AvgIpc) is 2.43. The normalized spacial score (nSPS) is 18.5. The van der Waals surface area contributed by atoms with Gasteiger partial charge in [0.15, 0.2) is 0 Å². The number of benzene rings is 1. The van der Waals surface area contributed by atoms with Crippen molar-refractivity contribution in [1.82, 2.24) is 0 Å². The Morgan fingerprint density at radius 1 is 1.11 bits per heavy atom. The molecule has 0 fully saturated rings. The summed E-state index contributed by atoms with van der Waals surface area (Å²) in [7, 11) is 0. The average molecular weight is 250 g/mol. The molecular formula is C15H22O3. The Kier molecular flexibility index (Phi) is 6.05. The van der Waals surface area contributed by atoms with Gasteiger partial charge in [0.25, 0.3) is 0 Å². The van der Waals surface area contributed by atoms with Gasteiger partial charge in [-0.2, -0.15) is 0 Å². The Morgan fingerprint density at radius 3 is 2.28 bits per heavy atom. The van der Waals surface area contributed by atoms with Gasteiger partial charge in [-0.1, -0.05) is 56.3 Å². The smallest absolute Gasteiger partial charge is 0.0774 e. The summed E-state index contributed by atoms with van der Waals surface area (Å²) < 4.78 is 0. The number of hydrogen-bond donors (Lipinski definition) is 3. The van der Waals surface area contributed by atoms with Crippen molar-refractivity contribution in [2.24, 2.45) is 11.8 Å². The second-order valence-corrected chi connectivity index (χ2v) is 4.77. The van der Waals surface area contributed by atoms with E-state index >= 15 is 0 Å². The minimum absolute atomic E-state index is 0.0827. The van der Waals surface area contributed by atoms with Crippen molar-refractivity contribution in [3.8, 4) is 0 Å². The highest BCUT2D eigenvalue weighted by molar-refractivity contribution is 5.49. The van der Waals surface area contributed by atoms with Crippen molar-refractivity contribution >= 4 is 6.08 Å². The second kappa shape index (κ2) is 7.31. The van der Waals surface area contributed by atoms with E-state index in [1.807, 2.05) is 36.4 Å². The van der Waals surface area contributed by atoms with Crippen LogP contribution in [-0.4, -0.2) is 34.1 Å². The molecule has 1 aromatic carbocycles. The minimum atomic E-state index is -0.728. The van der Waals surface area contributed by atoms with Gasteiger partial charge in [-0.25, -0.2) is 0 Å². The topological polar surface area (TPSA) is 60.7 Å². The largest absolute Gasteiger partial charge is 0.396 e.